The second-order valence-electron chi connectivity index (χ2n) is 7.90. The van der Waals surface area contributed by atoms with Crippen molar-refractivity contribution < 1.29 is 19.4 Å². The zero-order valence-corrected chi connectivity index (χ0v) is 15.9. The van der Waals surface area contributed by atoms with E-state index in [1.165, 1.54) is 0 Å². The fourth-order valence-corrected chi connectivity index (χ4v) is 4.21. The number of benzene rings is 2. The second-order valence-corrected chi connectivity index (χ2v) is 7.90. The highest BCUT2D eigenvalue weighted by molar-refractivity contribution is 5.81. The first-order valence-corrected chi connectivity index (χ1v) is 9.74. The maximum Gasteiger partial charge on any atom is 0.407 e. The van der Waals surface area contributed by atoms with E-state index in [1.54, 1.807) is 0 Å². The first kappa shape index (κ1) is 19.0. The number of nitriles is 1. The molecule has 1 atom stereocenters. The number of carbonyl (C=O) groups is 2. The molecular weight excluding hydrogens is 368 g/mol. The van der Waals surface area contributed by atoms with E-state index < -0.39 is 18.1 Å². The van der Waals surface area contributed by atoms with Crippen molar-refractivity contribution in [3.8, 4) is 17.2 Å². The zero-order chi connectivity index (χ0) is 20.4. The number of carbonyl (C=O) groups excluding carboxylic acids is 1. The summed E-state index contributed by atoms with van der Waals surface area (Å²) in [5.41, 5.74) is 4.18. The van der Waals surface area contributed by atoms with Gasteiger partial charge in [0.2, 0.25) is 0 Å². The van der Waals surface area contributed by atoms with E-state index in [1.807, 2.05) is 36.4 Å². The molecule has 0 aliphatic heterocycles. The van der Waals surface area contributed by atoms with Crippen molar-refractivity contribution >= 4 is 12.1 Å². The smallest absolute Gasteiger partial charge is 0.407 e. The maximum atomic E-state index is 12.3. The number of fused-ring (bicyclic) bond motifs is 3. The number of rotatable bonds is 7. The van der Waals surface area contributed by atoms with Crippen LogP contribution < -0.4 is 5.32 Å². The highest BCUT2D eigenvalue weighted by atomic mass is 16.5. The molecule has 2 aliphatic rings. The highest BCUT2D eigenvalue weighted by Crippen LogP contribution is 2.52. The first-order chi connectivity index (χ1) is 14.0. The molecule has 0 radical (unpaired) electrons. The van der Waals surface area contributed by atoms with Crippen molar-refractivity contribution in [1.29, 1.82) is 5.26 Å². The molecule has 6 heteroatoms. The lowest BCUT2D eigenvalue weighted by molar-refractivity contribution is -0.140. The Labute approximate surface area is 169 Å². The highest BCUT2D eigenvalue weighted by Gasteiger charge is 2.46. The minimum atomic E-state index is -1.11. The third-order valence-corrected chi connectivity index (χ3v) is 5.98. The molecule has 1 saturated carbocycles. The van der Waals surface area contributed by atoms with E-state index in [0.29, 0.717) is 6.42 Å². The molecule has 1 fully saturated rings. The number of ether oxygens (including phenoxy) is 1. The number of amides is 1. The minimum absolute atomic E-state index is 0.0789. The van der Waals surface area contributed by atoms with Crippen LogP contribution in [0.15, 0.2) is 48.5 Å². The van der Waals surface area contributed by atoms with Crippen molar-refractivity contribution in [2.75, 3.05) is 6.61 Å². The molecule has 0 heterocycles. The molecule has 0 saturated heterocycles. The molecule has 0 bridgehead atoms. The van der Waals surface area contributed by atoms with E-state index in [-0.39, 0.29) is 24.4 Å². The van der Waals surface area contributed by atoms with Crippen molar-refractivity contribution in [3.63, 3.8) is 0 Å². The van der Waals surface area contributed by atoms with E-state index in [4.69, 9.17) is 10.00 Å². The number of hydrogen-bond donors (Lipinski definition) is 2. The normalized spacial score (nSPS) is 16.8. The number of carboxylic acids is 1. The van der Waals surface area contributed by atoms with E-state index in [9.17, 15) is 14.7 Å². The molecule has 6 nitrogen and oxygen atoms in total. The van der Waals surface area contributed by atoms with Crippen molar-refractivity contribution in [1.82, 2.24) is 5.32 Å². The molecule has 2 aromatic rings. The summed E-state index contributed by atoms with van der Waals surface area (Å²) in [5, 5.41) is 20.9. The van der Waals surface area contributed by atoms with Crippen LogP contribution in [0.4, 0.5) is 4.79 Å². The Bertz CT molecular complexity index is 945. The topological polar surface area (TPSA) is 99.4 Å². The van der Waals surface area contributed by atoms with Crippen LogP contribution in [0.3, 0.4) is 0 Å². The largest absolute Gasteiger partial charge is 0.480 e. The summed E-state index contributed by atoms with van der Waals surface area (Å²) in [4.78, 5) is 23.9. The SMILES string of the molecule is N#CCC1(CC(NC(=O)OCC2c3ccccc3-c3ccccc32)C(=O)O)CC1. The molecule has 1 unspecified atom stereocenters. The monoisotopic (exact) mass is 390 g/mol. The van der Waals surface area contributed by atoms with Gasteiger partial charge < -0.3 is 15.2 Å². The van der Waals surface area contributed by atoms with Crippen LogP contribution >= 0.6 is 0 Å². The van der Waals surface area contributed by atoms with Crippen LogP contribution in [-0.4, -0.2) is 29.8 Å². The van der Waals surface area contributed by atoms with Gasteiger partial charge in [0.15, 0.2) is 0 Å². The van der Waals surface area contributed by atoms with Crippen LogP contribution in [0, 0.1) is 16.7 Å². The summed E-state index contributed by atoms with van der Waals surface area (Å²) in [6.45, 7) is 0.134. The summed E-state index contributed by atoms with van der Waals surface area (Å²) in [5.74, 6) is -1.19. The van der Waals surface area contributed by atoms with Gasteiger partial charge in [0.25, 0.3) is 0 Å². The number of carboxylic acid groups (broad SMARTS) is 1. The molecule has 0 spiro atoms. The van der Waals surface area contributed by atoms with Gasteiger partial charge >= 0.3 is 12.1 Å². The molecule has 2 aliphatic carbocycles. The first-order valence-electron chi connectivity index (χ1n) is 9.74. The van der Waals surface area contributed by atoms with Gasteiger partial charge in [0.05, 0.1) is 6.07 Å². The Morgan fingerprint density at radius 3 is 2.24 bits per heavy atom. The van der Waals surface area contributed by atoms with Gasteiger partial charge in [-0.15, -0.1) is 0 Å². The lowest BCUT2D eigenvalue weighted by atomic mass is 9.94. The van der Waals surface area contributed by atoms with Crippen molar-refractivity contribution in [2.45, 2.75) is 37.6 Å². The Hall–Kier alpha value is -3.33. The average molecular weight is 390 g/mol. The molecule has 4 rings (SSSR count). The number of alkyl carbamates (subject to hydrolysis) is 1. The van der Waals surface area contributed by atoms with Crippen molar-refractivity contribution in [3.05, 3.63) is 59.7 Å². The van der Waals surface area contributed by atoms with Gasteiger partial charge in [-0.05, 0) is 46.9 Å². The van der Waals surface area contributed by atoms with Crippen LogP contribution in [0.5, 0.6) is 0 Å². The molecule has 1 amide bonds. The predicted octanol–water partition coefficient (Wildman–Crippen LogP) is 4.06. The summed E-state index contributed by atoms with van der Waals surface area (Å²) < 4.78 is 5.44. The zero-order valence-electron chi connectivity index (χ0n) is 15.9. The number of aliphatic carboxylic acids is 1. The van der Waals surface area contributed by atoms with Crippen molar-refractivity contribution in [2.24, 2.45) is 5.41 Å². The number of nitrogens with one attached hydrogen (secondary N) is 1. The summed E-state index contributed by atoms with van der Waals surface area (Å²) in [6.07, 6.45) is 1.45. The quantitative estimate of drug-likeness (QED) is 0.743. The molecule has 0 aromatic heterocycles. The lowest BCUT2D eigenvalue weighted by Crippen LogP contribution is -2.43. The number of nitrogens with zero attached hydrogens (tertiary/aromatic N) is 1. The Kier molecular flexibility index (Phi) is 4.98. The van der Waals surface area contributed by atoms with Gasteiger partial charge in [-0.1, -0.05) is 48.5 Å². The van der Waals surface area contributed by atoms with Crippen LogP contribution in [0.25, 0.3) is 11.1 Å². The fraction of sp³-hybridized carbons (Fsp3) is 0.348. The molecule has 2 aromatic carbocycles. The Morgan fingerprint density at radius 2 is 1.72 bits per heavy atom. The Morgan fingerprint density at radius 1 is 1.14 bits per heavy atom. The summed E-state index contributed by atoms with van der Waals surface area (Å²) in [7, 11) is 0. The molecule has 148 valence electrons. The minimum Gasteiger partial charge on any atom is -0.480 e. The van der Waals surface area contributed by atoms with Gasteiger partial charge in [-0.2, -0.15) is 5.26 Å². The third-order valence-electron chi connectivity index (χ3n) is 5.98. The van der Waals surface area contributed by atoms with Gasteiger partial charge in [0.1, 0.15) is 12.6 Å². The third kappa shape index (κ3) is 3.81. The standard InChI is InChI=1S/C23H22N2O4/c24-12-11-23(9-10-23)13-20(21(26)27)25-22(28)29-14-19-17-7-3-1-5-15(17)16-6-2-4-8-18(16)19/h1-8,19-20H,9-11,13-14H2,(H,25,28)(H,26,27). The van der Waals surface area contributed by atoms with Crippen LogP contribution in [-0.2, 0) is 9.53 Å². The summed E-state index contributed by atoms with van der Waals surface area (Å²) >= 11 is 0. The van der Waals surface area contributed by atoms with Crippen LogP contribution in [0.1, 0.15) is 42.7 Å². The van der Waals surface area contributed by atoms with Crippen LogP contribution in [0.2, 0.25) is 0 Å². The lowest BCUT2D eigenvalue weighted by Gasteiger charge is -2.20. The molecule has 29 heavy (non-hydrogen) atoms. The Balaban J connectivity index is 1.42. The maximum absolute atomic E-state index is 12.3. The van der Waals surface area contributed by atoms with E-state index in [0.717, 1.165) is 35.1 Å². The second kappa shape index (κ2) is 7.59. The molecule has 2 N–H and O–H groups in total. The fourth-order valence-electron chi connectivity index (χ4n) is 4.21. The van der Waals surface area contributed by atoms with Gasteiger partial charge in [-0.25, -0.2) is 9.59 Å². The van der Waals surface area contributed by atoms with E-state index >= 15 is 0 Å². The summed E-state index contributed by atoms with van der Waals surface area (Å²) in [6, 6.07) is 17.1. The van der Waals surface area contributed by atoms with Gasteiger partial charge in [-0.3, -0.25) is 0 Å². The number of hydrogen-bond acceptors (Lipinski definition) is 4. The van der Waals surface area contributed by atoms with Gasteiger partial charge in [0, 0.05) is 12.3 Å². The predicted molar refractivity (Wildman–Crippen MR) is 106 cm³/mol. The molecular formula is C23H22N2O4. The average Bonchev–Trinajstić information content (AvgIpc) is 3.40. The van der Waals surface area contributed by atoms with E-state index in [2.05, 4.69) is 23.5 Å².